The van der Waals surface area contributed by atoms with Crippen molar-refractivity contribution in [3.05, 3.63) is 35.4 Å². The highest BCUT2D eigenvalue weighted by Crippen LogP contribution is 2.44. The summed E-state index contributed by atoms with van der Waals surface area (Å²) in [5.41, 5.74) is 2.99. The number of nitrogens with one attached hydrogen (secondary N) is 1. The van der Waals surface area contributed by atoms with Crippen LogP contribution in [0.15, 0.2) is 24.3 Å². The second kappa shape index (κ2) is 5.41. The first kappa shape index (κ1) is 12.2. The molecule has 1 saturated carbocycles. The third kappa shape index (κ3) is 2.60. The number of hydrogen-bond acceptors (Lipinski definition) is 2. The largest absolute Gasteiger partial charge is 0.314 e. The summed E-state index contributed by atoms with van der Waals surface area (Å²) in [5, 5.41) is 3.46. The van der Waals surface area contributed by atoms with Crippen molar-refractivity contribution in [2.45, 2.75) is 32.2 Å². The summed E-state index contributed by atoms with van der Waals surface area (Å²) in [5.74, 6) is 0.913. The molecule has 2 aliphatic rings. The molecule has 2 heteroatoms. The molecule has 1 unspecified atom stereocenters. The van der Waals surface area contributed by atoms with Crippen LogP contribution in [0.1, 0.15) is 36.9 Å². The monoisotopic (exact) mass is 244 g/mol. The molecule has 18 heavy (non-hydrogen) atoms. The maximum atomic E-state index is 3.46. The Bertz CT molecular complexity index is 375. The Morgan fingerprint density at radius 2 is 1.83 bits per heavy atom. The summed E-state index contributed by atoms with van der Waals surface area (Å²) in [6.07, 6.45) is 3.98. The van der Waals surface area contributed by atoms with Gasteiger partial charge in [0.25, 0.3) is 0 Å². The molecule has 1 aliphatic carbocycles. The van der Waals surface area contributed by atoms with Crippen molar-refractivity contribution in [1.82, 2.24) is 10.2 Å². The third-order valence-electron chi connectivity index (χ3n) is 4.34. The quantitative estimate of drug-likeness (QED) is 0.876. The lowest BCUT2D eigenvalue weighted by Crippen LogP contribution is -2.45. The summed E-state index contributed by atoms with van der Waals surface area (Å²) in [6, 6.07) is 10.0. The van der Waals surface area contributed by atoms with E-state index >= 15 is 0 Å². The summed E-state index contributed by atoms with van der Waals surface area (Å²) in [7, 11) is 0. The van der Waals surface area contributed by atoms with Gasteiger partial charge in [0.1, 0.15) is 0 Å². The maximum absolute atomic E-state index is 3.46. The predicted octanol–water partition coefficient (Wildman–Crippen LogP) is 2.61. The number of rotatable bonds is 4. The van der Waals surface area contributed by atoms with Gasteiger partial charge in [0.2, 0.25) is 0 Å². The van der Waals surface area contributed by atoms with E-state index in [-0.39, 0.29) is 0 Å². The lowest BCUT2D eigenvalue weighted by atomic mass is 9.98. The van der Waals surface area contributed by atoms with Gasteiger partial charge in [-0.05, 0) is 36.3 Å². The van der Waals surface area contributed by atoms with Gasteiger partial charge >= 0.3 is 0 Å². The fourth-order valence-electron chi connectivity index (χ4n) is 3.10. The van der Waals surface area contributed by atoms with E-state index in [0.717, 1.165) is 25.4 Å². The first-order valence-electron chi connectivity index (χ1n) is 7.42. The zero-order valence-electron chi connectivity index (χ0n) is 11.4. The molecule has 0 spiro atoms. The first-order chi connectivity index (χ1) is 8.88. The van der Waals surface area contributed by atoms with E-state index in [2.05, 4.69) is 41.4 Å². The van der Waals surface area contributed by atoms with Gasteiger partial charge in [-0.25, -0.2) is 0 Å². The molecule has 1 aromatic rings. The Balaban J connectivity index is 1.79. The Kier molecular flexibility index (Phi) is 3.67. The Morgan fingerprint density at radius 3 is 2.39 bits per heavy atom. The molecule has 0 radical (unpaired) electrons. The fourth-order valence-corrected chi connectivity index (χ4v) is 3.10. The molecule has 3 rings (SSSR count). The molecule has 98 valence electrons. The van der Waals surface area contributed by atoms with E-state index < -0.39 is 0 Å². The summed E-state index contributed by atoms with van der Waals surface area (Å²) in [6.45, 7) is 6.93. The summed E-state index contributed by atoms with van der Waals surface area (Å²) >= 11 is 0. The number of hydrogen-bond donors (Lipinski definition) is 1. The average Bonchev–Trinajstić information content (AvgIpc) is 3.26. The zero-order valence-corrected chi connectivity index (χ0v) is 11.4. The Hall–Kier alpha value is -0.860. The second-order valence-corrected chi connectivity index (χ2v) is 5.66. The topological polar surface area (TPSA) is 15.3 Å². The van der Waals surface area contributed by atoms with Crippen LogP contribution in [0, 0.1) is 5.92 Å². The first-order valence-corrected chi connectivity index (χ1v) is 7.42. The molecule has 1 heterocycles. The fraction of sp³-hybridized carbons (Fsp3) is 0.625. The van der Waals surface area contributed by atoms with E-state index in [4.69, 9.17) is 0 Å². The summed E-state index contributed by atoms with van der Waals surface area (Å²) < 4.78 is 0. The number of aryl methyl sites for hydroxylation is 1. The lowest BCUT2D eigenvalue weighted by Gasteiger charge is -2.35. The van der Waals surface area contributed by atoms with Crippen molar-refractivity contribution in [2.24, 2.45) is 5.92 Å². The molecule has 1 saturated heterocycles. The smallest absolute Gasteiger partial charge is 0.0377 e. The molecular formula is C16H24N2. The molecule has 0 aromatic heterocycles. The summed E-state index contributed by atoms with van der Waals surface area (Å²) in [4.78, 5) is 2.69. The van der Waals surface area contributed by atoms with Crippen molar-refractivity contribution in [3.8, 4) is 0 Å². The highest BCUT2D eigenvalue weighted by atomic mass is 15.2. The number of benzene rings is 1. The maximum Gasteiger partial charge on any atom is 0.0377 e. The van der Waals surface area contributed by atoms with Gasteiger partial charge in [-0.3, -0.25) is 4.90 Å². The number of nitrogens with zero attached hydrogens (tertiary/aromatic N) is 1. The van der Waals surface area contributed by atoms with Gasteiger partial charge < -0.3 is 5.32 Å². The predicted molar refractivity (Wildman–Crippen MR) is 75.7 cm³/mol. The lowest BCUT2D eigenvalue weighted by molar-refractivity contribution is 0.156. The second-order valence-electron chi connectivity index (χ2n) is 5.66. The van der Waals surface area contributed by atoms with E-state index in [0.29, 0.717) is 6.04 Å². The molecule has 1 atom stereocenters. The average molecular weight is 244 g/mol. The van der Waals surface area contributed by atoms with E-state index in [1.807, 2.05) is 0 Å². The van der Waals surface area contributed by atoms with Gasteiger partial charge in [-0.2, -0.15) is 0 Å². The van der Waals surface area contributed by atoms with Crippen molar-refractivity contribution >= 4 is 0 Å². The van der Waals surface area contributed by atoms with Crippen LogP contribution in [0.25, 0.3) is 0 Å². The van der Waals surface area contributed by atoms with Crippen LogP contribution < -0.4 is 5.32 Å². The van der Waals surface area contributed by atoms with Crippen LogP contribution in [0.3, 0.4) is 0 Å². The number of piperazine rings is 1. The molecule has 2 fully saturated rings. The van der Waals surface area contributed by atoms with Crippen LogP contribution in [0.2, 0.25) is 0 Å². The molecule has 1 aromatic carbocycles. The Labute approximate surface area is 110 Å². The molecular weight excluding hydrogens is 220 g/mol. The van der Waals surface area contributed by atoms with Crippen LogP contribution in [0.5, 0.6) is 0 Å². The van der Waals surface area contributed by atoms with Crippen molar-refractivity contribution in [1.29, 1.82) is 0 Å². The van der Waals surface area contributed by atoms with Crippen LogP contribution in [-0.4, -0.2) is 31.1 Å². The van der Waals surface area contributed by atoms with Gasteiger partial charge in [0.15, 0.2) is 0 Å². The molecule has 0 amide bonds. The van der Waals surface area contributed by atoms with E-state index in [9.17, 15) is 0 Å². The zero-order chi connectivity index (χ0) is 12.4. The van der Waals surface area contributed by atoms with Crippen LogP contribution in [-0.2, 0) is 6.42 Å². The van der Waals surface area contributed by atoms with Gasteiger partial charge in [-0.1, -0.05) is 31.2 Å². The highest BCUT2D eigenvalue weighted by molar-refractivity contribution is 5.26. The van der Waals surface area contributed by atoms with Crippen molar-refractivity contribution < 1.29 is 0 Å². The minimum atomic E-state index is 0.679. The molecule has 1 aliphatic heterocycles. The normalized spacial score (nSPS) is 22.9. The molecule has 2 nitrogen and oxygen atoms in total. The van der Waals surface area contributed by atoms with Gasteiger partial charge in [0, 0.05) is 32.2 Å². The third-order valence-corrected chi connectivity index (χ3v) is 4.34. The highest BCUT2D eigenvalue weighted by Gasteiger charge is 2.36. The van der Waals surface area contributed by atoms with Crippen LogP contribution >= 0.6 is 0 Å². The van der Waals surface area contributed by atoms with Crippen molar-refractivity contribution in [2.75, 3.05) is 26.2 Å². The standard InChI is InChI=1S/C16H24N2/c1-2-13-3-5-14(6-4-13)16(15-7-8-15)18-11-9-17-10-12-18/h3-6,15-17H,2,7-12H2,1H3. The van der Waals surface area contributed by atoms with Gasteiger partial charge in [0.05, 0.1) is 0 Å². The minimum absolute atomic E-state index is 0.679. The molecule has 0 bridgehead atoms. The van der Waals surface area contributed by atoms with Crippen molar-refractivity contribution in [3.63, 3.8) is 0 Å². The van der Waals surface area contributed by atoms with Crippen LogP contribution in [0.4, 0.5) is 0 Å². The SMILES string of the molecule is CCc1ccc(C(C2CC2)N2CCNCC2)cc1. The van der Waals surface area contributed by atoms with E-state index in [1.54, 1.807) is 0 Å². The van der Waals surface area contributed by atoms with Gasteiger partial charge in [-0.15, -0.1) is 0 Å². The molecule has 1 N–H and O–H groups in total. The Morgan fingerprint density at radius 1 is 1.17 bits per heavy atom. The minimum Gasteiger partial charge on any atom is -0.314 e. The van der Waals surface area contributed by atoms with E-state index in [1.165, 1.54) is 37.1 Å².